The molecule has 6 rings (SSSR count). The van der Waals surface area contributed by atoms with Crippen molar-refractivity contribution in [2.24, 2.45) is 5.92 Å². The van der Waals surface area contributed by atoms with Crippen LogP contribution in [-0.4, -0.2) is 92.5 Å². The van der Waals surface area contributed by atoms with Crippen molar-refractivity contribution in [2.75, 3.05) is 48.8 Å². The number of likely N-dealkylation sites (tertiary alicyclic amines) is 1. The largest absolute Gasteiger partial charge is 0.573 e. The van der Waals surface area contributed by atoms with Crippen LogP contribution in [0.15, 0.2) is 42.6 Å². The number of aliphatic hydroxyl groups excluding tert-OH is 1. The van der Waals surface area contributed by atoms with Gasteiger partial charge in [-0.05, 0) is 68.1 Å². The number of ether oxygens (including phenoxy) is 1. The molecule has 3 aliphatic heterocycles. The van der Waals surface area contributed by atoms with Gasteiger partial charge in [0.1, 0.15) is 5.75 Å². The quantitative estimate of drug-likeness (QED) is 0.296. The molecule has 0 bridgehead atoms. The van der Waals surface area contributed by atoms with Crippen LogP contribution in [0.2, 0.25) is 0 Å². The maximum Gasteiger partial charge on any atom is 0.573 e. The fourth-order valence-electron chi connectivity index (χ4n) is 5.42. The molecule has 3 aromatic rings. The summed E-state index contributed by atoms with van der Waals surface area (Å²) in [5.74, 6) is 1.08. The Morgan fingerprint density at radius 1 is 1.05 bits per heavy atom. The zero-order valence-corrected chi connectivity index (χ0v) is 25.0. The summed E-state index contributed by atoms with van der Waals surface area (Å²) in [4.78, 5) is 17.4. The van der Waals surface area contributed by atoms with Gasteiger partial charge in [0, 0.05) is 44.2 Å². The number of nitrogens with one attached hydrogen (secondary N) is 2. The van der Waals surface area contributed by atoms with Gasteiger partial charge < -0.3 is 20.1 Å². The molecule has 2 aromatic heterocycles. The van der Waals surface area contributed by atoms with E-state index in [1.807, 2.05) is 12.1 Å². The van der Waals surface area contributed by atoms with Crippen molar-refractivity contribution in [1.29, 1.82) is 0 Å². The monoisotopic (exact) mass is 638 g/mol. The summed E-state index contributed by atoms with van der Waals surface area (Å²) >= 11 is 3.04. The van der Waals surface area contributed by atoms with Crippen LogP contribution in [0.1, 0.15) is 24.8 Å². The smallest absolute Gasteiger partial charge is 0.406 e. The minimum absolute atomic E-state index is 0.0269. The molecule has 1 amide bonds. The molecule has 3 N–H and O–H groups in total. The minimum atomic E-state index is -4.69. The second kappa shape index (κ2) is 14.1. The van der Waals surface area contributed by atoms with Gasteiger partial charge in [0.2, 0.25) is 16.2 Å². The molecule has 0 spiro atoms. The number of amides is 1. The number of benzene rings is 1. The minimum Gasteiger partial charge on any atom is -0.406 e. The predicted molar refractivity (Wildman–Crippen MR) is 159 cm³/mol. The Morgan fingerprint density at radius 3 is 2.49 bits per heavy atom. The summed E-state index contributed by atoms with van der Waals surface area (Å²) in [6, 6.07) is 10.1. The number of anilines is 3. The number of rotatable bonds is 9. The zero-order valence-electron chi connectivity index (χ0n) is 23.4. The summed E-state index contributed by atoms with van der Waals surface area (Å²) in [5, 5.41) is 31.2. The number of hydrogen-bond donors (Lipinski definition) is 3. The van der Waals surface area contributed by atoms with Gasteiger partial charge >= 0.3 is 6.36 Å². The summed E-state index contributed by atoms with van der Waals surface area (Å²) in [5.41, 5.74) is 0.942. The number of alkyl halides is 3. The molecule has 3 fully saturated rings. The van der Waals surface area contributed by atoms with E-state index >= 15 is 0 Å². The number of piperidine rings is 1. The van der Waals surface area contributed by atoms with Gasteiger partial charge in [-0.2, -0.15) is 5.10 Å². The highest BCUT2D eigenvalue weighted by Gasteiger charge is 2.49. The first-order chi connectivity index (χ1) is 20.8. The molecule has 16 heteroatoms. The maximum absolute atomic E-state index is 12.9. The molecular formula is C27H33F3N8O3S2. The fraction of sp³-hybridized carbons (Fsp3) is 0.519. The average Bonchev–Trinajstić information content (AvgIpc) is 3.47. The lowest BCUT2D eigenvalue weighted by molar-refractivity contribution is -0.274. The molecule has 3 aliphatic rings. The SMILES string of the molecule is CO.O=C(Nc1nnc(NC2CCN(c3cccnn3)C2)s1)C1SC1C1CCN(Cc2ccc(OC(F)(F)F)cc2)CC1. The van der Waals surface area contributed by atoms with E-state index in [1.165, 1.54) is 23.5 Å². The fourth-order valence-corrected chi connectivity index (χ4v) is 7.41. The Kier molecular flexibility index (Phi) is 10.2. The van der Waals surface area contributed by atoms with Crippen LogP contribution in [0.4, 0.5) is 29.3 Å². The molecule has 3 saturated heterocycles. The van der Waals surface area contributed by atoms with Gasteiger partial charge in [-0.25, -0.2) is 0 Å². The lowest BCUT2D eigenvalue weighted by Gasteiger charge is -2.31. The summed E-state index contributed by atoms with van der Waals surface area (Å²) in [7, 11) is 1.00. The molecule has 3 atom stereocenters. The third-order valence-electron chi connectivity index (χ3n) is 7.50. The van der Waals surface area contributed by atoms with Crippen LogP contribution >= 0.6 is 23.1 Å². The van der Waals surface area contributed by atoms with Crippen LogP contribution in [0.3, 0.4) is 0 Å². The van der Waals surface area contributed by atoms with Crippen molar-refractivity contribution in [1.82, 2.24) is 25.3 Å². The molecular weight excluding hydrogens is 605 g/mol. The first-order valence-corrected chi connectivity index (χ1v) is 15.7. The van der Waals surface area contributed by atoms with Crippen molar-refractivity contribution < 1.29 is 27.8 Å². The number of aromatic nitrogens is 4. The molecule has 3 unspecified atom stereocenters. The highest BCUT2D eigenvalue weighted by atomic mass is 32.2. The topological polar surface area (TPSA) is 129 Å². The number of halogens is 3. The van der Waals surface area contributed by atoms with Crippen molar-refractivity contribution >= 4 is 45.1 Å². The van der Waals surface area contributed by atoms with E-state index in [2.05, 4.69) is 45.6 Å². The molecule has 232 valence electrons. The summed E-state index contributed by atoms with van der Waals surface area (Å²) in [6.45, 7) is 4.12. The zero-order chi connectivity index (χ0) is 30.4. The van der Waals surface area contributed by atoms with Crippen molar-refractivity contribution in [2.45, 2.75) is 48.7 Å². The van der Waals surface area contributed by atoms with Crippen molar-refractivity contribution in [3.63, 3.8) is 0 Å². The molecule has 0 aliphatic carbocycles. The summed E-state index contributed by atoms with van der Waals surface area (Å²) in [6.07, 6.45) is -0.117. The number of aliphatic hydroxyl groups is 1. The van der Waals surface area contributed by atoms with E-state index in [9.17, 15) is 18.0 Å². The third kappa shape index (κ3) is 8.68. The van der Waals surface area contributed by atoms with E-state index in [0.717, 1.165) is 63.9 Å². The van der Waals surface area contributed by atoms with Crippen molar-refractivity contribution in [3.8, 4) is 5.75 Å². The molecule has 11 nitrogen and oxygen atoms in total. The Balaban J connectivity index is 0.00000180. The van der Waals surface area contributed by atoms with Gasteiger partial charge in [-0.1, -0.05) is 23.5 Å². The van der Waals surface area contributed by atoms with Crippen LogP contribution in [0.5, 0.6) is 5.75 Å². The maximum atomic E-state index is 12.9. The Hall–Kier alpha value is -3.21. The van der Waals surface area contributed by atoms with Gasteiger partial charge in [-0.3, -0.25) is 15.0 Å². The second-order valence-electron chi connectivity index (χ2n) is 10.4. The molecule has 43 heavy (non-hydrogen) atoms. The molecule has 1 aromatic carbocycles. The molecule has 0 saturated carbocycles. The Labute approximate surface area is 255 Å². The number of carbonyl (C=O) groups is 1. The van der Waals surface area contributed by atoms with E-state index in [-0.39, 0.29) is 22.9 Å². The average molecular weight is 639 g/mol. The Morgan fingerprint density at radius 2 is 1.79 bits per heavy atom. The standard InChI is InChI=1S/C26H29F3N8O2S2.CH4O/c27-26(28,29)39-19-5-3-16(4-6-19)14-36-11-7-17(8-12-36)21-22(40-21)23(38)32-25-35-34-24(41-25)31-18-9-13-37(15-18)20-2-1-10-30-33-20;1-2/h1-6,10,17-18,21-22H,7-9,11-15H2,(H,31,34)(H,32,35,38);2H,1H3. The van der Waals surface area contributed by atoms with Crippen molar-refractivity contribution in [3.05, 3.63) is 48.2 Å². The number of hydrogen-bond acceptors (Lipinski definition) is 12. The van der Waals surface area contributed by atoms with Crippen LogP contribution < -0.4 is 20.3 Å². The highest BCUT2D eigenvalue weighted by molar-refractivity contribution is 8.08. The number of thioether (sulfide) groups is 1. The number of carbonyl (C=O) groups excluding carboxylic acids is 1. The van der Waals surface area contributed by atoms with Gasteiger partial charge in [0.05, 0.1) is 5.25 Å². The third-order valence-corrected chi connectivity index (χ3v) is 9.72. The van der Waals surface area contributed by atoms with E-state index < -0.39 is 6.36 Å². The first kappa shape index (κ1) is 31.2. The summed E-state index contributed by atoms with van der Waals surface area (Å²) < 4.78 is 41.0. The predicted octanol–water partition coefficient (Wildman–Crippen LogP) is 3.86. The molecule has 0 radical (unpaired) electrons. The lowest BCUT2D eigenvalue weighted by atomic mass is 9.92. The van der Waals surface area contributed by atoms with Crippen LogP contribution in [0, 0.1) is 5.92 Å². The lowest BCUT2D eigenvalue weighted by Crippen LogP contribution is -2.36. The van der Waals surface area contributed by atoms with Crippen LogP contribution in [0.25, 0.3) is 0 Å². The van der Waals surface area contributed by atoms with Gasteiger partial charge in [-0.15, -0.1) is 40.2 Å². The Bertz CT molecular complexity index is 1330. The van der Waals surface area contributed by atoms with Crippen LogP contribution in [-0.2, 0) is 11.3 Å². The van der Waals surface area contributed by atoms with E-state index in [0.29, 0.717) is 28.0 Å². The van der Waals surface area contributed by atoms with E-state index in [1.54, 1.807) is 30.1 Å². The first-order valence-electron chi connectivity index (χ1n) is 13.9. The molecule has 5 heterocycles. The van der Waals surface area contributed by atoms with Gasteiger partial charge in [0.15, 0.2) is 5.82 Å². The normalized spacial score (nSPS) is 22.4. The highest BCUT2D eigenvalue weighted by Crippen LogP contribution is 2.50. The number of nitrogens with zero attached hydrogens (tertiary/aromatic N) is 6. The van der Waals surface area contributed by atoms with E-state index in [4.69, 9.17) is 5.11 Å². The second-order valence-corrected chi connectivity index (χ2v) is 12.7. The van der Waals surface area contributed by atoms with Gasteiger partial charge in [0.25, 0.3) is 0 Å².